The number of anilines is 3. The van der Waals surface area contributed by atoms with Gasteiger partial charge in [-0.15, -0.1) is 0 Å². The van der Waals surface area contributed by atoms with Gasteiger partial charge >= 0.3 is 0 Å². The molecule has 2 fully saturated rings. The topological polar surface area (TPSA) is 131 Å². The van der Waals surface area contributed by atoms with Gasteiger partial charge in [-0.05, 0) is 57.1 Å². The van der Waals surface area contributed by atoms with Crippen LogP contribution in [0, 0.1) is 5.92 Å². The monoisotopic (exact) mass is 537 g/mol. The Kier molecular flexibility index (Phi) is 6.94. The van der Waals surface area contributed by atoms with Crippen LogP contribution in [-0.4, -0.2) is 42.7 Å². The first-order chi connectivity index (χ1) is 16.8. The third-order valence-electron chi connectivity index (χ3n) is 6.88. The highest BCUT2D eigenvalue weighted by Crippen LogP contribution is 2.40. The minimum Gasteiger partial charge on any atom is -0.393 e. The van der Waals surface area contributed by atoms with E-state index in [0.717, 1.165) is 25.7 Å². The normalized spacial score (nSPS) is 24.6. The number of aliphatic hydroxyl groups excluding tert-OH is 1. The van der Waals surface area contributed by atoms with Gasteiger partial charge in [0.2, 0.25) is 17.8 Å². The first kappa shape index (κ1) is 24.4. The Bertz CT molecular complexity index is 1240. The van der Waals surface area contributed by atoms with Crippen molar-refractivity contribution in [1.29, 1.82) is 0 Å². The van der Waals surface area contributed by atoms with Crippen molar-refractivity contribution in [3.63, 3.8) is 0 Å². The van der Waals surface area contributed by atoms with Crippen LogP contribution in [-0.2, 0) is 4.79 Å². The van der Waals surface area contributed by atoms with Gasteiger partial charge in [0.15, 0.2) is 5.65 Å². The summed E-state index contributed by atoms with van der Waals surface area (Å²) in [5.74, 6) is 0.622. The van der Waals surface area contributed by atoms with Gasteiger partial charge in [0.05, 0.1) is 28.0 Å². The van der Waals surface area contributed by atoms with Crippen LogP contribution in [0.2, 0.25) is 15.1 Å². The molecule has 2 aliphatic rings. The maximum atomic E-state index is 11.7. The number of halogens is 3. The molecule has 186 valence electrons. The van der Waals surface area contributed by atoms with Crippen molar-refractivity contribution in [2.75, 3.05) is 10.6 Å². The van der Waals surface area contributed by atoms with Gasteiger partial charge in [0, 0.05) is 23.0 Å². The Hall–Kier alpha value is -2.33. The summed E-state index contributed by atoms with van der Waals surface area (Å²) in [7, 11) is 0. The summed E-state index contributed by atoms with van der Waals surface area (Å²) in [4.78, 5) is 25.7. The highest BCUT2D eigenvalue weighted by molar-refractivity contribution is 6.41. The Balaban J connectivity index is 1.52. The second-order valence-electron chi connectivity index (χ2n) is 9.29. The third-order valence-corrected chi connectivity index (χ3v) is 7.69. The molecule has 3 aromatic rings. The summed E-state index contributed by atoms with van der Waals surface area (Å²) in [6, 6.07) is 3.38. The number of rotatable bonds is 6. The van der Waals surface area contributed by atoms with E-state index in [4.69, 9.17) is 50.5 Å². The van der Waals surface area contributed by atoms with Gasteiger partial charge in [0.25, 0.3) is 0 Å². The highest BCUT2D eigenvalue weighted by atomic mass is 35.5. The number of fused-ring (bicyclic) bond motifs is 1. The Labute approximate surface area is 217 Å². The van der Waals surface area contributed by atoms with Crippen molar-refractivity contribution in [1.82, 2.24) is 19.5 Å². The van der Waals surface area contributed by atoms with E-state index in [2.05, 4.69) is 15.6 Å². The molecule has 2 atom stereocenters. The fourth-order valence-corrected chi connectivity index (χ4v) is 5.97. The quantitative estimate of drug-likeness (QED) is 0.344. The smallest absolute Gasteiger partial charge is 0.224 e. The van der Waals surface area contributed by atoms with E-state index in [-0.39, 0.29) is 30.0 Å². The maximum Gasteiger partial charge on any atom is 0.224 e. The molecule has 0 bridgehead atoms. The third kappa shape index (κ3) is 5.14. The number of nitrogens with two attached hydrogens (primary N) is 1. The molecule has 35 heavy (non-hydrogen) atoms. The summed E-state index contributed by atoms with van der Waals surface area (Å²) < 4.78 is 2.03. The number of amides is 1. The largest absolute Gasteiger partial charge is 0.393 e. The molecular formula is C23H26Cl3N7O2. The van der Waals surface area contributed by atoms with Crippen molar-refractivity contribution in [2.45, 2.75) is 63.1 Å². The molecule has 5 N–H and O–H groups in total. The van der Waals surface area contributed by atoms with Crippen molar-refractivity contribution in [2.24, 2.45) is 11.7 Å². The van der Waals surface area contributed by atoms with E-state index in [0.29, 0.717) is 63.1 Å². The Morgan fingerprint density at radius 1 is 1.06 bits per heavy atom. The van der Waals surface area contributed by atoms with E-state index in [9.17, 15) is 9.90 Å². The molecule has 2 heterocycles. The van der Waals surface area contributed by atoms with E-state index < -0.39 is 0 Å². The van der Waals surface area contributed by atoms with Crippen molar-refractivity contribution >= 4 is 69.5 Å². The second-order valence-corrected chi connectivity index (χ2v) is 10.5. The number of aromatic nitrogens is 4. The lowest BCUT2D eigenvalue weighted by Crippen LogP contribution is -2.29. The summed E-state index contributed by atoms with van der Waals surface area (Å²) in [6.07, 6.45) is 6.55. The molecule has 2 aromatic heterocycles. The van der Waals surface area contributed by atoms with Crippen LogP contribution in [0.5, 0.6) is 0 Å². The fourth-order valence-electron chi connectivity index (χ4n) is 5.06. The molecule has 12 heteroatoms. The number of primary amides is 1. The minimum atomic E-state index is -0.299. The number of nitrogens with zero attached hydrogens (tertiary/aromatic N) is 4. The molecule has 1 aromatic carbocycles. The Morgan fingerprint density at radius 3 is 2.40 bits per heavy atom. The first-order valence-electron chi connectivity index (χ1n) is 11.7. The predicted octanol–water partition coefficient (Wildman–Crippen LogP) is 5.07. The molecule has 0 unspecified atom stereocenters. The summed E-state index contributed by atoms with van der Waals surface area (Å²) in [5.41, 5.74) is 7.31. The zero-order valence-corrected chi connectivity index (χ0v) is 21.1. The zero-order chi connectivity index (χ0) is 24.7. The van der Waals surface area contributed by atoms with E-state index >= 15 is 0 Å². The van der Waals surface area contributed by atoms with Crippen LogP contribution in [0.4, 0.5) is 17.6 Å². The number of hydrogen-bond acceptors (Lipinski definition) is 7. The minimum absolute atomic E-state index is 0.0407. The summed E-state index contributed by atoms with van der Waals surface area (Å²) in [5, 5.41) is 17.6. The van der Waals surface area contributed by atoms with Crippen molar-refractivity contribution in [3.8, 4) is 0 Å². The average molecular weight is 539 g/mol. The number of carbonyl (C=O) groups is 1. The fraction of sp³-hybridized carbons (Fsp3) is 0.478. The number of imidazole rings is 1. The van der Waals surface area contributed by atoms with Gasteiger partial charge in [0.1, 0.15) is 5.52 Å². The molecule has 2 saturated carbocycles. The van der Waals surface area contributed by atoms with Gasteiger partial charge in [-0.25, -0.2) is 9.97 Å². The molecule has 0 radical (unpaired) electrons. The standard InChI is InChI=1S/C23H26Cl3N7O2/c24-12-7-16(25)19(17(26)8-12)31-23-30-18-10-28-22(29-13-3-6-15(34)9-13)32-21(18)33(23)14-4-1-11(2-5-14)20(27)35/h7-8,10-11,13-15,34H,1-6,9H2,(H2,27,35)(H,30,31)(H,28,29,32)/t11?,13-,14?,15-/m1/s1. The molecule has 9 nitrogen and oxygen atoms in total. The SMILES string of the molecule is NC(=O)C1CCC(n2c(Nc3c(Cl)cc(Cl)cc3Cl)nc3cnc(N[C@@H]4CC[C@@H](O)C4)nc32)CC1. The molecule has 0 aliphatic heterocycles. The van der Waals surface area contributed by atoms with Crippen molar-refractivity contribution in [3.05, 3.63) is 33.4 Å². The van der Waals surface area contributed by atoms with Gasteiger partial charge in [-0.3, -0.25) is 9.36 Å². The molecule has 5 rings (SSSR count). The molecule has 0 saturated heterocycles. The van der Waals surface area contributed by atoms with E-state index in [1.807, 2.05) is 4.57 Å². The van der Waals surface area contributed by atoms with Crippen LogP contribution in [0.1, 0.15) is 51.0 Å². The van der Waals surface area contributed by atoms with Crippen LogP contribution in [0.25, 0.3) is 11.2 Å². The van der Waals surface area contributed by atoms with Gasteiger partial charge in [-0.1, -0.05) is 34.8 Å². The number of aliphatic hydroxyl groups is 1. The van der Waals surface area contributed by atoms with Crippen LogP contribution >= 0.6 is 34.8 Å². The number of hydrogen-bond donors (Lipinski definition) is 4. The van der Waals surface area contributed by atoms with E-state index in [1.54, 1.807) is 18.3 Å². The predicted molar refractivity (Wildman–Crippen MR) is 138 cm³/mol. The lowest BCUT2D eigenvalue weighted by molar-refractivity contribution is -0.122. The van der Waals surface area contributed by atoms with E-state index in [1.165, 1.54) is 0 Å². The summed E-state index contributed by atoms with van der Waals surface area (Å²) >= 11 is 18.9. The van der Waals surface area contributed by atoms with Crippen LogP contribution < -0.4 is 16.4 Å². The highest BCUT2D eigenvalue weighted by Gasteiger charge is 2.30. The summed E-state index contributed by atoms with van der Waals surface area (Å²) in [6.45, 7) is 0. The Morgan fingerprint density at radius 2 is 1.77 bits per heavy atom. The molecule has 1 amide bonds. The average Bonchev–Trinajstić information content (AvgIpc) is 3.38. The lowest BCUT2D eigenvalue weighted by atomic mass is 9.85. The van der Waals surface area contributed by atoms with Crippen LogP contribution in [0.15, 0.2) is 18.3 Å². The molecular weight excluding hydrogens is 513 g/mol. The van der Waals surface area contributed by atoms with Crippen LogP contribution in [0.3, 0.4) is 0 Å². The molecule has 2 aliphatic carbocycles. The maximum absolute atomic E-state index is 11.7. The number of carbonyl (C=O) groups excluding carboxylic acids is 1. The van der Waals surface area contributed by atoms with Crippen molar-refractivity contribution < 1.29 is 9.90 Å². The van der Waals surface area contributed by atoms with Gasteiger partial charge in [-0.2, -0.15) is 4.98 Å². The van der Waals surface area contributed by atoms with Gasteiger partial charge < -0.3 is 21.5 Å². The first-order valence-corrected chi connectivity index (χ1v) is 12.8. The lowest BCUT2D eigenvalue weighted by Gasteiger charge is -2.29. The second kappa shape index (κ2) is 9.97. The molecule has 0 spiro atoms. The number of nitrogens with one attached hydrogen (secondary N) is 2. The number of benzene rings is 1. The zero-order valence-electron chi connectivity index (χ0n) is 18.8.